The number of benzene rings is 1. The minimum atomic E-state index is -1.03. The first-order valence-electron chi connectivity index (χ1n) is 5.84. The van der Waals surface area contributed by atoms with Gasteiger partial charge in [0.15, 0.2) is 5.78 Å². The number of hydrogen-bond donors (Lipinski definition) is 0. The predicted octanol–water partition coefficient (Wildman–Crippen LogP) is 3.48. The van der Waals surface area contributed by atoms with Crippen molar-refractivity contribution in [1.82, 2.24) is 0 Å². The van der Waals surface area contributed by atoms with E-state index in [0.29, 0.717) is 0 Å². The summed E-state index contributed by atoms with van der Waals surface area (Å²) in [5, 5.41) is 0.566. The molecule has 0 aromatic heterocycles. The Morgan fingerprint density at radius 1 is 1.05 bits per heavy atom. The van der Waals surface area contributed by atoms with Gasteiger partial charge in [0, 0.05) is 15.6 Å². The Labute approximate surface area is 127 Å². The molecule has 0 radical (unpaired) electrons. The molecule has 0 spiro atoms. The number of ether oxygens (including phenoxy) is 1. The van der Waals surface area contributed by atoms with Crippen LogP contribution in [0.5, 0.6) is 0 Å². The van der Waals surface area contributed by atoms with Crippen molar-refractivity contribution < 1.29 is 19.1 Å². The topological polar surface area (TPSA) is 60.4 Å². The molecule has 1 aromatic carbocycles. The van der Waals surface area contributed by atoms with Crippen molar-refractivity contribution in [3.8, 4) is 0 Å². The van der Waals surface area contributed by atoms with Crippen molar-refractivity contribution in [3.05, 3.63) is 33.8 Å². The molecule has 0 heterocycles. The Kier molecular flexibility index (Phi) is 5.31. The molecule has 0 atom stereocenters. The predicted molar refractivity (Wildman–Crippen MR) is 76.3 cm³/mol. The minimum absolute atomic E-state index is 0.180. The lowest BCUT2D eigenvalue weighted by molar-refractivity contribution is -0.162. The molecule has 0 aliphatic rings. The maximum atomic E-state index is 11.9. The summed E-state index contributed by atoms with van der Waals surface area (Å²) in [6.45, 7) is 4.91. The molecule has 20 heavy (non-hydrogen) atoms. The quantitative estimate of drug-likeness (QED) is 0.369. The van der Waals surface area contributed by atoms with Crippen LogP contribution < -0.4 is 0 Å². The number of carbonyl (C=O) groups excluding carboxylic acids is 3. The van der Waals surface area contributed by atoms with Crippen LogP contribution in [0.1, 0.15) is 37.6 Å². The normalized spacial score (nSPS) is 11.1. The van der Waals surface area contributed by atoms with Crippen LogP contribution in [0.2, 0.25) is 10.0 Å². The average molecular weight is 317 g/mol. The van der Waals surface area contributed by atoms with Gasteiger partial charge < -0.3 is 4.74 Å². The summed E-state index contributed by atoms with van der Waals surface area (Å²) in [7, 11) is 0. The summed E-state index contributed by atoms with van der Waals surface area (Å²) in [6, 6.07) is 4.24. The zero-order chi connectivity index (χ0) is 15.5. The molecule has 6 heteroatoms. The lowest BCUT2D eigenvalue weighted by Gasteiger charge is -2.18. The minimum Gasteiger partial charge on any atom is -0.454 e. The van der Waals surface area contributed by atoms with E-state index in [2.05, 4.69) is 0 Å². The summed E-state index contributed by atoms with van der Waals surface area (Å²) in [4.78, 5) is 35.0. The van der Waals surface area contributed by atoms with Gasteiger partial charge >= 0.3 is 5.97 Å². The van der Waals surface area contributed by atoms with Crippen molar-refractivity contribution in [2.45, 2.75) is 32.8 Å². The lowest BCUT2D eigenvalue weighted by Crippen LogP contribution is -2.30. The van der Waals surface area contributed by atoms with E-state index >= 15 is 0 Å². The highest BCUT2D eigenvalue weighted by atomic mass is 35.5. The molecule has 0 saturated heterocycles. The van der Waals surface area contributed by atoms with Crippen molar-refractivity contribution >= 4 is 40.7 Å². The number of halogens is 2. The zero-order valence-corrected chi connectivity index (χ0v) is 12.8. The van der Waals surface area contributed by atoms with E-state index in [0.717, 1.165) is 0 Å². The second-order valence-corrected chi connectivity index (χ2v) is 6.06. The summed E-state index contributed by atoms with van der Waals surface area (Å²) in [5.74, 6) is -2.47. The van der Waals surface area contributed by atoms with Gasteiger partial charge in [-0.25, -0.2) is 4.79 Å². The molecular weight excluding hydrogens is 303 g/mol. The van der Waals surface area contributed by atoms with Gasteiger partial charge in [0.1, 0.15) is 5.60 Å². The number of esters is 1. The van der Waals surface area contributed by atoms with Gasteiger partial charge in [-0.2, -0.15) is 0 Å². The van der Waals surface area contributed by atoms with Gasteiger partial charge in [-0.15, -0.1) is 0 Å². The summed E-state index contributed by atoms with van der Waals surface area (Å²) in [5.41, 5.74) is -0.603. The fraction of sp³-hybridized carbons (Fsp3) is 0.357. The molecule has 0 N–H and O–H groups in total. The molecular formula is C14H14Cl2O4. The smallest absolute Gasteiger partial charge is 0.375 e. The fourth-order valence-electron chi connectivity index (χ4n) is 1.37. The van der Waals surface area contributed by atoms with E-state index < -0.39 is 29.6 Å². The number of ketones is 2. The van der Waals surface area contributed by atoms with Crippen LogP contribution >= 0.6 is 23.2 Å². The molecule has 108 valence electrons. The van der Waals surface area contributed by atoms with Gasteiger partial charge in [0.25, 0.3) is 0 Å². The molecule has 0 bridgehead atoms. The number of rotatable bonds is 4. The van der Waals surface area contributed by atoms with Gasteiger partial charge in [0.05, 0.1) is 6.42 Å². The second kappa shape index (κ2) is 6.37. The molecule has 0 amide bonds. The largest absolute Gasteiger partial charge is 0.454 e. The van der Waals surface area contributed by atoms with Crippen LogP contribution in [0, 0.1) is 0 Å². The highest BCUT2D eigenvalue weighted by Crippen LogP contribution is 2.20. The molecule has 0 aliphatic carbocycles. The Balaban J connectivity index is 2.75. The fourth-order valence-corrected chi connectivity index (χ4v) is 1.90. The van der Waals surface area contributed by atoms with E-state index in [4.69, 9.17) is 27.9 Å². The molecule has 0 aliphatic heterocycles. The number of hydrogen-bond acceptors (Lipinski definition) is 4. The third kappa shape index (κ3) is 5.31. The maximum Gasteiger partial charge on any atom is 0.375 e. The van der Waals surface area contributed by atoms with Gasteiger partial charge in [0.2, 0.25) is 5.78 Å². The Morgan fingerprint density at radius 2 is 1.55 bits per heavy atom. The summed E-state index contributed by atoms with van der Waals surface area (Å²) < 4.78 is 4.89. The third-order valence-corrected chi connectivity index (χ3v) is 2.57. The molecule has 4 nitrogen and oxygen atoms in total. The monoisotopic (exact) mass is 316 g/mol. The first kappa shape index (κ1) is 16.7. The Bertz CT molecular complexity index is 539. The van der Waals surface area contributed by atoms with Crippen molar-refractivity contribution in [2.24, 2.45) is 0 Å². The Hall–Kier alpha value is -1.39. The van der Waals surface area contributed by atoms with Gasteiger partial charge in [-0.05, 0) is 39.0 Å². The van der Waals surface area contributed by atoms with E-state index in [1.165, 1.54) is 18.2 Å². The number of Topliss-reactive ketones (excluding diaryl/α,β-unsaturated/α-hetero) is 2. The average Bonchev–Trinajstić information content (AvgIpc) is 2.25. The van der Waals surface area contributed by atoms with Crippen LogP contribution in [-0.2, 0) is 14.3 Å². The van der Waals surface area contributed by atoms with Crippen molar-refractivity contribution in [3.63, 3.8) is 0 Å². The number of carbonyl (C=O) groups is 3. The van der Waals surface area contributed by atoms with E-state index in [1.807, 2.05) is 0 Å². The molecule has 1 rings (SSSR count). The van der Waals surface area contributed by atoms with E-state index in [9.17, 15) is 14.4 Å². The standard InChI is InChI=1S/C14H14Cl2O4/c1-14(2,3)20-13(19)12(18)7-11(17)8-4-9(15)6-10(16)5-8/h4-6H,7H2,1-3H3. The van der Waals surface area contributed by atoms with Crippen LogP contribution in [0.15, 0.2) is 18.2 Å². The molecule has 1 aromatic rings. The van der Waals surface area contributed by atoms with Crippen LogP contribution in [0.25, 0.3) is 0 Å². The lowest BCUT2D eigenvalue weighted by atomic mass is 10.1. The van der Waals surface area contributed by atoms with Crippen LogP contribution in [0.4, 0.5) is 0 Å². The molecule has 0 fully saturated rings. The van der Waals surface area contributed by atoms with Crippen LogP contribution in [0.3, 0.4) is 0 Å². The molecule has 0 unspecified atom stereocenters. The van der Waals surface area contributed by atoms with E-state index in [-0.39, 0.29) is 15.6 Å². The first-order chi connectivity index (χ1) is 9.08. The van der Waals surface area contributed by atoms with Crippen LogP contribution in [-0.4, -0.2) is 23.1 Å². The second-order valence-electron chi connectivity index (χ2n) is 5.18. The summed E-state index contributed by atoms with van der Waals surface area (Å²) >= 11 is 11.5. The zero-order valence-electron chi connectivity index (χ0n) is 11.3. The SMILES string of the molecule is CC(C)(C)OC(=O)C(=O)CC(=O)c1cc(Cl)cc(Cl)c1. The van der Waals surface area contributed by atoms with Crippen molar-refractivity contribution in [1.29, 1.82) is 0 Å². The summed E-state index contributed by atoms with van der Waals surface area (Å²) in [6.07, 6.45) is -0.578. The highest BCUT2D eigenvalue weighted by molar-refractivity contribution is 6.39. The van der Waals surface area contributed by atoms with Gasteiger partial charge in [-0.3, -0.25) is 9.59 Å². The third-order valence-electron chi connectivity index (χ3n) is 2.13. The van der Waals surface area contributed by atoms with Crippen molar-refractivity contribution in [2.75, 3.05) is 0 Å². The van der Waals surface area contributed by atoms with E-state index in [1.54, 1.807) is 20.8 Å². The first-order valence-corrected chi connectivity index (χ1v) is 6.59. The highest BCUT2D eigenvalue weighted by Gasteiger charge is 2.25. The maximum absolute atomic E-state index is 11.9. The Morgan fingerprint density at radius 3 is 2.00 bits per heavy atom. The molecule has 0 saturated carbocycles. The van der Waals surface area contributed by atoms with Gasteiger partial charge in [-0.1, -0.05) is 23.2 Å².